The molecule has 3 aromatic rings. The number of nitrogens with zero attached hydrogens (tertiary/aromatic N) is 1. The molecule has 7 heteroatoms. The third kappa shape index (κ3) is 2.78. The van der Waals surface area contributed by atoms with Gasteiger partial charge in [0.05, 0.1) is 29.0 Å². The van der Waals surface area contributed by atoms with E-state index in [0.29, 0.717) is 11.5 Å². The first-order chi connectivity index (χ1) is 12.2. The van der Waals surface area contributed by atoms with Gasteiger partial charge in [-0.05, 0) is 46.9 Å². The SMILES string of the molecule is COc1cc2nccc(Nc3ccc(I)c4c3OCO4)c2cc1OC. The molecule has 4 rings (SSSR count). The first-order valence-corrected chi connectivity index (χ1v) is 8.65. The van der Waals surface area contributed by atoms with Crippen molar-refractivity contribution >= 4 is 44.9 Å². The zero-order valence-electron chi connectivity index (χ0n) is 13.6. The van der Waals surface area contributed by atoms with Gasteiger partial charge in [0, 0.05) is 23.3 Å². The van der Waals surface area contributed by atoms with Gasteiger partial charge < -0.3 is 24.3 Å². The second kappa shape index (κ2) is 6.47. The summed E-state index contributed by atoms with van der Waals surface area (Å²) in [5.74, 6) is 2.78. The van der Waals surface area contributed by atoms with Crippen molar-refractivity contribution in [2.24, 2.45) is 0 Å². The Kier molecular flexibility index (Phi) is 4.16. The van der Waals surface area contributed by atoms with Crippen LogP contribution in [0.2, 0.25) is 0 Å². The summed E-state index contributed by atoms with van der Waals surface area (Å²) in [4.78, 5) is 4.42. The van der Waals surface area contributed by atoms with Gasteiger partial charge in [-0.2, -0.15) is 0 Å². The number of halogens is 1. The Morgan fingerprint density at radius 1 is 1.00 bits per heavy atom. The van der Waals surface area contributed by atoms with Crippen molar-refractivity contribution in [3.63, 3.8) is 0 Å². The van der Waals surface area contributed by atoms with Gasteiger partial charge in [-0.25, -0.2) is 0 Å². The Hall–Kier alpha value is -2.42. The lowest BCUT2D eigenvalue weighted by Gasteiger charge is -2.14. The number of benzene rings is 2. The van der Waals surface area contributed by atoms with Gasteiger partial charge in [-0.3, -0.25) is 4.98 Å². The Balaban J connectivity index is 1.82. The highest BCUT2D eigenvalue weighted by molar-refractivity contribution is 14.1. The molecule has 1 aliphatic heterocycles. The maximum Gasteiger partial charge on any atom is 0.231 e. The number of aromatic nitrogens is 1. The lowest BCUT2D eigenvalue weighted by Crippen LogP contribution is -1.97. The number of nitrogens with one attached hydrogen (secondary N) is 1. The second-order valence-electron chi connectivity index (χ2n) is 5.37. The topological polar surface area (TPSA) is 61.8 Å². The van der Waals surface area contributed by atoms with Crippen molar-refractivity contribution < 1.29 is 18.9 Å². The van der Waals surface area contributed by atoms with Gasteiger partial charge in [0.25, 0.3) is 0 Å². The normalized spacial score (nSPS) is 12.3. The standard InChI is InChI=1S/C18H15IN2O4/c1-22-15-7-10-12(5-6-20-14(10)8-16(15)23-2)21-13-4-3-11(19)17-18(13)25-9-24-17/h3-8H,9H2,1-2H3,(H,20,21). The van der Waals surface area contributed by atoms with Gasteiger partial charge in [-0.15, -0.1) is 0 Å². The van der Waals surface area contributed by atoms with Crippen LogP contribution in [0.25, 0.3) is 10.9 Å². The number of hydrogen-bond acceptors (Lipinski definition) is 6. The van der Waals surface area contributed by atoms with E-state index in [1.54, 1.807) is 20.4 Å². The van der Waals surface area contributed by atoms with Crippen LogP contribution in [-0.4, -0.2) is 26.0 Å². The highest BCUT2D eigenvalue weighted by atomic mass is 127. The summed E-state index contributed by atoms with van der Waals surface area (Å²) in [6.07, 6.45) is 1.75. The summed E-state index contributed by atoms with van der Waals surface area (Å²) in [5.41, 5.74) is 2.54. The van der Waals surface area contributed by atoms with E-state index in [2.05, 4.69) is 32.9 Å². The maximum absolute atomic E-state index is 5.63. The van der Waals surface area contributed by atoms with Crippen molar-refractivity contribution in [1.29, 1.82) is 0 Å². The number of hydrogen-bond donors (Lipinski definition) is 1. The average molecular weight is 450 g/mol. The monoisotopic (exact) mass is 450 g/mol. The molecule has 25 heavy (non-hydrogen) atoms. The summed E-state index contributed by atoms with van der Waals surface area (Å²) >= 11 is 2.23. The molecule has 0 fully saturated rings. The molecule has 0 saturated carbocycles. The number of anilines is 2. The number of rotatable bonds is 4. The second-order valence-corrected chi connectivity index (χ2v) is 6.53. The van der Waals surface area contributed by atoms with Gasteiger partial charge in [0.1, 0.15) is 0 Å². The molecule has 0 aliphatic carbocycles. The van der Waals surface area contributed by atoms with Gasteiger partial charge >= 0.3 is 0 Å². The van der Waals surface area contributed by atoms with E-state index in [-0.39, 0.29) is 6.79 Å². The molecule has 2 aromatic carbocycles. The van der Waals surface area contributed by atoms with E-state index in [9.17, 15) is 0 Å². The lowest BCUT2D eigenvalue weighted by atomic mass is 10.1. The van der Waals surface area contributed by atoms with Crippen LogP contribution >= 0.6 is 22.6 Å². The zero-order valence-corrected chi connectivity index (χ0v) is 15.8. The van der Waals surface area contributed by atoms with Crippen molar-refractivity contribution in [2.75, 3.05) is 26.3 Å². The van der Waals surface area contributed by atoms with Crippen LogP contribution in [0.4, 0.5) is 11.4 Å². The summed E-state index contributed by atoms with van der Waals surface area (Å²) in [5, 5.41) is 4.34. The first-order valence-electron chi connectivity index (χ1n) is 7.57. The molecule has 128 valence electrons. The van der Waals surface area contributed by atoms with Crippen LogP contribution in [0.15, 0.2) is 36.5 Å². The number of methoxy groups -OCH3 is 2. The molecule has 0 atom stereocenters. The molecule has 0 unspecified atom stereocenters. The fourth-order valence-corrected chi connectivity index (χ4v) is 3.37. The highest BCUT2D eigenvalue weighted by Gasteiger charge is 2.21. The van der Waals surface area contributed by atoms with Crippen molar-refractivity contribution in [2.45, 2.75) is 0 Å². The average Bonchev–Trinajstić information content (AvgIpc) is 3.14. The minimum Gasteiger partial charge on any atom is -0.493 e. The maximum atomic E-state index is 5.63. The first kappa shape index (κ1) is 16.1. The van der Waals surface area contributed by atoms with Gasteiger partial charge in [-0.1, -0.05) is 0 Å². The summed E-state index contributed by atoms with van der Waals surface area (Å²) in [7, 11) is 3.22. The molecule has 1 aliphatic rings. The van der Waals surface area contributed by atoms with E-state index in [4.69, 9.17) is 18.9 Å². The molecule has 1 aromatic heterocycles. The molecule has 1 N–H and O–H groups in total. The van der Waals surface area contributed by atoms with Crippen LogP contribution < -0.4 is 24.3 Å². The van der Waals surface area contributed by atoms with Crippen LogP contribution in [0, 0.1) is 3.57 Å². The van der Waals surface area contributed by atoms with Crippen LogP contribution in [0.1, 0.15) is 0 Å². The number of ether oxygens (including phenoxy) is 4. The Morgan fingerprint density at radius 3 is 2.56 bits per heavy atom. The largest absolute Gasteiger partial charge is 0.493 e. The number of fused-ring (bicyclic) bond motifs is 2. The van der Waals surface area contributed by atoms with Crippen LogP contribution in [0.3, 0.4) is 0 Å². The van der Waals surface area contributed by atoms with E-state index in [0.717, 1.165) is 37.3 Å². The third-order valence-corrected chi connectivity index (χ3v) is 4.84. The molecule has 0 saturated heterocycles. The van der Waals surface area contributed by atoms with E-state index in [1.165, 1.54) is 0 Å². The quantitative estimate of drug-likeness (QED) is 0.598. The third-order valence-electron chi connectivity index (χ3n) is 3.99. The lowest BCUT2D eigenvalue weighted by molar-refractivity contribution is 0.174. The van der Waals surface area contributed by atoms with Crippen LogP contribution in [-0.2, 0) is 0 Å². The molecule has 2 heterocycles. The van der Waals surface area contributed by atoms with Crippen LogP contribution in [0.5, 0.6) is 23.0 Å². The molecule has 0 radical (unpaired) electrons. The molecule has 0 bridgehead atoms. The zero-order chi connectivity index (χ0) is 17.4. The summed E-state index contributed by atoms with van der Waals surface area (Å²) in [6, 6.07) is 9.64. The molecule has 0 amide bonds. The number of pyridine rings is 1. The van der Waals surface area contributed by atoms with Crippen molar-refractivity contribution in [3.8, 4) is 23.0 Å². The molecular weight excluding hydrogens is 435 g/mol. The Morgan fingerprint density at radius 2 is 1.76 bits per heavy atom. The molecule has 6 nitrogen and oxygen atoms in total. The molecular formula is C18H15IN2O4. The smallest absolute Gasteiger partial charge is 0.231 e. The van der Waals surface area contributed by atoms with Crippen molar-refractivity contribution in [3.05, 3.63) is 40.1 Å². The summed E-state index contributed by atoms with van der Waals surface area (Å²) in [6.45, 7) is 0.228. The molecule has 0 spiro atoms. The van der Waals surface area contributed by atoms with Crippen molar-refractivity contribution in [1.82, 2.24) is 4.98 Å². The van der Waals surface area contributed by atoms with E-state index < -0.39 is 0 Å². The minimum atomic E-state index is 0.228. The van der Waals surface area contributed by atoms with Gasteiger partial charge in [0.15, 0.2) is 23.0 Å². The summed E-state index contributed by atoms with van der Waals surface area (Å²) < 4.78 is 23.0. The Labute approximate surface area is 158 Å². The predicted molar refractivity (Wildman–Crippen MR) is 103 cm³/mol. The fourth-order valence-electron chi connectivity index (χ4n) is 2.79. The minimum absolute atomic E-state index is 0.228. The Bertz CT molecular complexity index is 961. The van der Waals surface area contributed by atoms with Gasteiger partial charge in [0.2, 0.25) is 6.79 Å². The fraction of sp³-hybridized carbons (Fsp3) is 0.167. The predicted octanol–water partition coefficient (Wildman–Crippen LogP) is 4.33. The highest BCUT2D eigenvalue weighted by Crippen LogP contribution is 2.44. The van der Waals surface area contributed by atoms with E-state index >= 15 is 0 Å². The van der Waals surface area contributed by atoms with E-state index in [1.807, 2.05) is 30.3 Å².